The molecule has 3 saturated heterocycles. The molecule has 6 amide bonds. The molecule has 12 heterocycles. The number of urea groups is 1. The first kappa shape index (κ1) is 79.1. The number of carbonyl (C=O) groups excluding carboxylic acids is 5. The molecule has 108 heavy (non-hydrogen) atoms. The number of aromatic amines is 3. The molecule has 4 aliphatic rings. The van der Waals surface area contributed by atoms with Gasteiger partial charge < -0.3 is 60.7 Å². The van der Waals surface area contributed by atoms with Crippen molar-refractivity contribution in [2.75, 3.05) is 106 Å². The van der Waals surface area contributed by atoms with E-state index in [1.807, 2.05) is 29.8 Å². The number of unbranched alkanes of at least 4 members (excludes halogenated alkanes) is 1. The minimum Gasteiger partial charge on any atom is -0.345 e. The quantitative estimate of drug-likeness (QED) is 0.0372. The van der Waals surface area contributed by atoms with Crippen LogP contribution >= 0.6 is 34.8 Å². The van der Waals surface area contributed by atoms with Gasteiger partial charge in [0, 0.05) is 147 Å². The highest BCUT2D eigenvalue weighted by molar-refractivity contribution is 7.89. The number of piperazine rings is 3. The molecule has 13 rings (SSSR count). The minimum absolute atomic E-state index is 0.0228. The van der Waals surface area contributed by atoms with Crippen LogP contribution < -0.4 is 36.0 Å². The standard InChI is InChI=1S/C22H24ClF3N8O2.C22H25ClF3N7O3S.C22H21ClF3N7O2/c1-2-4-28-21(36)33-6-7-34(16(11-33)20(35)31-12-22(24,25)26)17-3-5-27-19(32-17)15-10-30-18-14(15)8-13(23)9-29-18;1-2-3-8-37(35,36)32-6-7-33(17(12-32)21(34)30-13-22(24,25)26)18-4-5-27-20(31-18)16-11-29-19-15(16)9-14(23)10-28-19;23-13-7-14-15(9-29-18(14)28-8-13)19-27-4-3-17(31-19)33-6-5-32(21(35)12-1-2-12)10-16(33)20(34)30-11-22(24,25)26/h3,5,8-10,16H,2,4,6-7,11-12H2,1H3,(H,28,36)(H,29,30)(H,31,35);4-5,9-11,17H,2-3,6-8,12-13H2,1H3,(H,28,29)(H,30,34);3-4,7-9,12,16H,1-2,5-6,10-11H2,(H,28,29)(H,30,34)/t16-;17-;16-/m111/s1. The number of pyridine rings is 3. The van der Waals surface area contributed by atoms with E-state index in [2.05, 4.69) is 65.1 Å². The fourth-order valence-corrected chi connectivity index (χ4v) is 14.3. The zero-order valence-corrected chi connectivity index (χ0v) is 60.5. The smallest absolute Gasteiger partial charge is 0.345 e. The highest BCUT2D eigenvalue weighted by atomic mass is 35.5. The van der Waals surface area contributed by atoms with Crippen LogP contribution in [-0.4, -0.2) is 239 Å². The molecule has 3 atom stereocenters. The van der Waals surface area contributed by atoms with Gasteiger partial charge in [-0.1, -0.05) is 55.1 Å². The summed E-state index contributed by atoms with van der Waals surface area (Å²) in [6.45, 7) is 0.421. The Hall–Kier alpha value is -9.99. The number of rotatable bonds is 19. The highest BCUT2D eigenvalue weighted by Crippen LogP contribution is 2.36. The molecule has 0 aromatic carbocycles. The number of H-pyrrole nitrogens is 3. The molecule has 0 radical (unpaired) electrons. The van der Waals surface area contributed by atoms with Gasteiger partial charge in [0.25, 0.3) is 0 Å². The summed E-state index contributed by atoms with van der Waals surface area (Å²) in [5.74, 6) is -0.946. The lowest BCUT2D eigenvalue weighted by Crippen LogP contribution is -2.62. The number of halogens is 12. The number of anilines is 3. The van der Waals surface area contributed by atoms with Crippen molar-refractivity contribution < 1.29 is 71.9 Å². The number of hydrogen-bond acceptors (Lipinski definition) is 19. The highest BCUT2D eigenvalue weighted by Gasteiger charge is 2.43. The predicted octanol–water partition coefficient (Wildman–Crippen LogP) is 8.71. The molecular weight excluding hydrogens is 1520 g/mol. The summed E-state index contributed by atoms with van der Waals surface area (Å²) in [4.78, 5) is 120. The second-order valence-electron chi connectivity index (χ2n) is 25.4. The Balaban J connectivity index is 0.000000161. The van der Waals surface area contributed by atoms with E-state index >= 15 is 0 Å². The van der Waals surface area contributed by atoms with Gasteiger partial charge in [0.15, 0.2) is 17.5 Å². The van der Waals surface area contributed by atoms with E-state index in [1.54, 1.807) is 63.6 Å². The van der Waals surface area contributed by atoms with Gasteiger partial charge in [-0.25, -0.2) is 58.1 Å². The Labute approximate surface area is 624 Å². The number of nitrogens with one attached hydrogen (secondary N) is 7. The number of fused-ring (bicyclic) bond motifs is 3. The maximum atomic E-state index is 12.9. The summed E-state index contributed by atoms with van der Waals surface area (Å²) in [7, 11) is -3.68. The van der Waals surface area contributed by atoms with E-state index in [4.69, 9.17) is 34.8 Å². The third kappa shape index (κ3) is 19.8. The average molecular weight is 1590 g/mol. The lowest BCUT2D eigenvalue weighted by Gasteiger charge is -2.41. The summed E-state index contributed by atoms with van der Waals surface area (Å²) in [5.41, 5.74) is 3.58. The van der Waals surface area contributed by atoms with Gasteiger partial charge in [0.1, 0.15) is 72.2 Å². The number of carbonyl (C=O) groups is 5. The molecular formula is C66H70Cl3F9N22O7S. The summed E-state index contributed by atoms with van der Waals surface area (Å²) in [5, 5.41) is 11.8. The summed E-state index contributed by atoms with van der Waals surface area (Å²) in [6.07, 6.45) is 3.66. The Morgan fingerprint density at radius 3 is 1.24 bits per heavy atom. The van der Waals surface area contributed by atoms with E-state index in [9.17, 15) is 71.9 Å². The number of aromatic nitrogens is 12. The van der Waals surface area contributed by atoms with Crippen LogP contribution in [0.25, 0.3) is 67.3 Å². The first-order chi connectivity index (χ1) is 51.3. The van der Waals surface area contributed by atoms with Crippen molar-refractivity contribution >= 4 is 125 Å². The van der Waals surface area contributed by atoms with Crippen LogP contribution in [0.1, 0.15) is 46.0 Å². The van der Waals surface area contributed by atoms with Crippen molar-refractivity contribution in [1.82, 2.24) is 95.2 Å². The molecule has 0 spiro atoms. The first-order valence-corrected chi connectivity index (χ1v) is 36.6. The Morgan fingerprint density at radius 2 is 0.870 bits per heavy atom. The number of nitrogens with zero attached hydrogens (tertiary/aromatic N) is 15. The van der Waals surface area contributed by atoms with E-state index < -0.39 is 84.0 Å². The topological polar surface area (TPSA) is 350 Å². The third-order valence-electron chi connectivity index (χ3n) is 17.6. The second-order valence-corrected chi connectivity index (χ2v) is 28.8. The fourth-order valence-electron chi connectivity index (χ4n) is 12.2. The monoisotopic (exact) mass is 1590 g/mol. The van der Waals surface area contributed by atoms with E-state index in [-0.39, 0.29) is 87.6 Å². The molecule has 1 aliphatic carbocycles. The van der Waals surface area contributed by atoms with Crippen molar-refractivity contribution in [2.24, 2.45) is 5.92 Å². The van der Waals surface area contributed by atoms with E-state index in [0.29, 0.717) is 114 Å². The predicted molar refractivity (Wildman–Crippen MR) is 382 cm³/mol. The van der Waals surface area contributed by atoms with Gasteiger partial charge >= 0.3 is 24.6 Å². The number of hydrogen-bond donors (Lipinski definition) is 7. The van der Waals surface area contributed by atoms with Crippen LogP contribution in [-0.2, 0) is 29.2 Å². The summed E-state index contributed by atoms with van der Waals surface area (Å²) >= 11 is 18.3. The lowest BCUT2D eigenvalue weighted by molar-refractivity contribution is -0.141. The van der Waals surface area contributed by atoms with Gasteiger partial charge in [-0.15, -0.1) is 0 Å². The van der Waals surface area contributed by atoms with Crippen LogP contribution in [0.3, 0.4) is 0 Å². The van der Waals surface area contributed by atoms with Crippen molar-refractivity contribution in [3.63, 3.8) is 0 Å². The largest absolute Gasteiger partial charge is 0.405 e. The van der Waals surface area contributed by atoms with Crippen molar-refractivity contribution in [3.8, 4) is 34.2 Å². The first-order valence-electron chi connectivity index (χ1n) is 33.8. The van der Waals surface area contributed by atoms with Gasteiger partial charge in [0.2, 0.25) is 33.7 Å². The SMILES string of the molecule is CCCCS(=O)(=O)N1CCN(c2ccnc(-c3c[nH]c4ncc(Cl)cc34)n2)[C@@H](C(=O)NCC(F)(F)F)C1.CCCNC(=O)N1CCN(c2ccnc(-c3c[nH]c4ncc(Cl)cc34)n2)[C@@H](C(=O)NCC(F)(F)F)C1.O=C(NCC(F)(F)F)[C@H]1CN(C(=O)C2CC2)CCN1c1ccnc(-c2c[nH]c3ncc(Cl)cc23)n1. The normalized spacial score (nSPS) is 17.4. The molecule has 9 aromatic rings. The Bertz CT molecular complexity index is 4860. The average Bonchev–Trinajstić information content (AvgIpc) is 1.34. The molecule has 3 aliphatic heterocycles. The minimum atomic E-state index is -4.62. The van der Waals surface area contributed by atoms with Crippen LogP contribution in [0.2, 0.25) is 15.1 Å². The summed E-state index contributed by atoms with van der Waals surface area (Å²) < 4.78 is 142. The maximum Gasteiger partial charge on any atom is 0.405 e. The maximum absolute atomic E-state index is 12.9. The van der Waals surface area contributed by atoms with E-state index in [1.165, 1.54) is 53.0 Å². The number of alkyl halides is 9. The third-order valence-corrected chi connectivity index (χ3v) is 20.2. The molecule has 7 N–H and O–H groups in total. The van der Waals surface area contributed by atoms with Gasteiger partial charge in [-0.05, 0) is 62.1 Å². The van der Waals surface area contributed by atoms with Crippen molar-refractivity contribution in [3.05, 3.63) is 107 Å². The molecule has 4 fully saturated rings. The van der Waals surface area contributed by atoms with Gasteiger partial charge in [0.05, 0.1) is 33.9 Å². The van der Waals surface area contributed by atoms with Crippen LogP contribution in [0.5, 0.6) is 0 Å². The molecule has 0 unspecified atom stereocenters. The molecule has 1 saturated carbocycles. The van der Waals surface area contributed by atoms with Gasteiger partial charge in [-0.3, -0.25) is 19.2 Å². The van der Waals surface area contributed by atoms with Crippen molar-refractivity contribution in [1.29, 1.82) is 0 Å². The second kappa shape index (κ2) is 33.7. The molecule has 9 aromatic heterocycles. The number of sulfonamides is 1. The van der Waals surface area contributed by atoms with Crippen molar-refractivity contribution in [2.45, 2.75) is 82.6 Å². The number of amides is 6. The zero-order chi connectivity index (χ0) is 77.4. The van der Waals surface area contributed by atoms with Gasteiger partial charge in [-0.2, -0.15) is 43.8 Å². The van der Waals surface area contributed by atoms with Crippen LogP contribution in [0.15, 0.2) is 92.2 Å². The summed E-state index contributed by atoms with van der Waals surface area (Å²) in [6, 6.07) is 6.09. The lowest BCUT2D eigenvalue weighted by atomic mass is 10.1. The van der Waals surface area contributed by atoms with Crippen LogP contribution in [0.4, 0.5) is 61.8 Å². The molecule has 576 valence electrons. The Kier molecular flexibility index (Phi) is 24.6. The zero-order valence-electron chi connectivity index (χ0n) is 57.4. The molecule has 29 nitrogen and oxygen atoms in total. The van der Waals surface area contributed by atoms with Crippen LogP contribution in [0, 0.1) is 5.92 Å². The Morgan fingerprint density at radius 1 is 0.500 bits per heavy atom. The molecule has 0 bridgehead atoms. The van der Waals surface area contributed by atoms with E-state index in [0.717, 1.165) is 23.6 Å². The molecule has 42 heteroatoms. The fraction of sp³-hybridized carbons (Fsp3) is 0.424.